The zero-order valence-corrected chi connectivity index (χ0v) is 10.3. The number of ether oxygens (including phenoxy) is 1. The van der Waals surface area contributed by atoms with Crippen molar-refractivity contribution in [1.82, 2.24) is 4.98 Å². The van der Waals surface area contributed by atoms with Crippen molar-refractivity contribution in [3.8, 4) is 0 Å². The number of nitrogen functional groups attached to an aromatic ring is 1. The van der Waals surface area contributed by atoms with Crippen LogP contribution in [-0.2, 0) is 4.74 Å². The van der Waals surface area contributed by atoms with Crippen LogP contribution in [0.3, 0.4) is 0 Å². The summed E-state index contributed by atoms with van der Waals surface area (Å²) in [4.78, 5) is 4.30. The summed E-state index contributed by atoms with van der Waals surface area (Å²) in [7, 11) is 1.68. The second-order valence-electron chi connectivity index (χ2n) is 4.56. The molecular formula is C12H17N3O2. The first kappa shape index (κ1) is 11.7. The molecule has 0 atom stereocenters. The molecule has 0 aliphatic heterocycles. The zero-order valence-electron chi connectivity index (χ0n) is 10.3. The maximum Gasteiger partial charge on any atom is 0.295 e. The Morgan fingerprint density at radius 1 is 1.47 bits per heavy atom. The maximum absolute atomic E-state index is 5.68. The minimum Gasteiger partial charge on any atom is -0.424 e. The van der Waals surface area contributed by atoms with E-state index in [2.05, 4.69) is 10.3 Å². The molecule has 1 aromatic heterocycles. The van der Waals surface area contributed by atoms with Gasteiger partial charge in [-0.2, -0.15) is 4.98 Å². The third-order valence-electron chi connectivity index (χ3n) is 2.63. The number of benzene rings is 1. The van der Waals surface area contributed by atoms with E-state index in [1.807, 2.05) is 19.9 Å². The van der Waals surface area contributed by atoms with E-state index in [0.29, 0.717) is 18.2 Å². The molecule has 0 unspecified atom stereocenters. The number of aromatic nitrogens is 1. The lowest BCUT2D eigenvalue weighted by Crippen LogP contribution is -2.32. The van der Waals surface area contributed by atoms with Gasteiger partial charge in [-0.15, -0.1) is 0 Å². The van der Waals surface area contributed by atoms with Gasteiger partial charge in [0.15, 0.2) is 5.58 Å². The van der Waals surface area contributed by atoms with Gasteiger partial charge in [0, 0.05) is 19.3 Å². The molecular weight excluding hydrogens is 218 g/mol. The van der Waals surface area contributed by atoms with Crippen LogP contribution in [0.5, 0.6) is 0 Å². The van der Waals surface area contributed by atoms with E-state index in [1.54, 1.807) is 19.2 Å². The summed E-state index contributed by atoms with van der Waals surface area (Å²) in [5.41, 5.74) is 7.56. The van der Waals surface area contributed by atoms with Crippen molar-refractivity contribution in [1.29, 1.82) is 0 Å². The number of rotatable bonds is 4. The van der Waals surface area contributed by atoms with Gasteiger partial charge < -0.3 is 20.2 Å². The largest absolute Gasteiger partial charge is 0.424 e. The predicted molar refractivity (Wildman–Crippen MR) is 68.0 cm³/mol. The summed E-state index contributed by atoms with van der Waals surface area (Å²) in [5.74, 6) is 0. The van der Waals surface area contributed by atoms with Crippen molar-refractivity contribution in [2.45, 2.75) is 19.4 Å². The molecule has 1 heterocycles. The van der Waals surface area contributed by atoms with Crippen molar-refractivity contribution < 1.29 is 9.15 Å². The molecule has 0 spiro atoms. The van der Waals surface area contributed by atoms with E-state index >= 15 is 0 Å². The fourth-order valence-electron chi connectivity index (χ4n) is 1.38. The highest BCUT2D eigenvalue weighted by atomic mass is 16.5. The van der Waals surface area contributed by atoms with Crippen molar-refractivity contribution in [2.75, 3.05) is 24.7 Å². The summed E-state index contributed by atoms with van der Waals surface area (Å²) in [6.45, 7) is 4.59. The quantitative estimate of drug-likeness (QED) is 0.795. The second kappa shape index (κ2) is 4.25. The Balaban J connectivity index is 2.15. The molecule has 0 aliphatic carbocycles. The van der Waals surface area contributed by atoms with Crippen molar-refractivity contribution in [3.05, 3.63) is 18.2 Å². The van der Waals surface area contributed by atoms with Gasteiger partial charge in [0.1, 0.15) is 5.52 Å². The van der Waals surface area contributed by atoms with E-state index in [1.165, 1.54) is 0 Å². The highest BCUT2D eigenvalue weighted by Crippen LogP contribution is 2.21. The van der Waals surface area contributed by atoms with Crippen LogP contribution in [0.2, 0.25) is 0 Å². The van der Waals surface area contributed by atoms with Crippen LogP contribution in [0.1, 0.15) is 13.8 Å². The van der Waals surface area contributed by atoms with Crippen LogP contribution in [-0.4, -0.2) is 24.2 Å². The molecule has 92 valence electrons. The van der Waals surface area contributed by atoms with Crippen molar-refractivity contribution in [2.24, 2.45) is 0 Å². The number of nitrogens with zero attached hydrogens (tertiary/aromatic N) is 1. The number of anilines is 2. The number of oxazole rings is 1. The van der Waals surface area contributed by atoms with Gasteiger partial charge in [0.2, 0.25) is 0 Å². The van der Waals surface area contributed by atoms with Gasteiger partial charge >= 0.3 is 0 Å². The first-order valence-electron chi connectivity index (χ1n) is 5.45. The normalized spacial score (nSPS) is 11.9. The highest BCUT2D eigenvalue weighted by molar-refractivity contribution is 5.78. The second-order valence-corrected chi connectivity index (χ2v) is 4.56. The molecule has 5 nitrogen and oxygen atoms in total. The Morgan fingerprint density at radius 2 is 2.24 bits per heavy atom. The van der Waals surface area contributed by atoms with Gasteiger partial charge in [0.25, 0.3) is 6.01 Å². The number of methoxy groups -OCH3 is 1. The van der Waals surface area contributed by atoms with Crippen LogP contribution in [0.15, 0.2) is 22.6 Å². The number of hydrogen-bond donors (Lipinski definition) is 2. The number of fused-ring (bicyclic) bond motifs is 1. The third kappa shape index (κ3) is 2.68. The molecule has 0 saturated carbocycles. The summed E-state index contributed by atoms with van der Waals surface area (Å²) in [6, 6.07) is 5.86. The number of nitrogens with two attached hydrogens (primary N) is 1. The third-order valence-corrected chi connectivity index (χ3v) is 2.63. The first-order chi connectivity index (χ1) is 8.00. The van der Waals surface area contributed by atoms with E-state index in [4.69, 9.17) is 14.9 Å². The molecule has 2 aromatic rings. The molecule has 0 fully saturated rings. The molecule has 0 bridgehead atoms. The Labute approximate surface area is 100.0 Å². The average Bonchev–Trinajstić information content (AvgIpc) is 2.68. The molecule has 0 saturated heterocycles. The van der Waals surface area contributed by atoms with Crippen molar-refractivity contribution in [3.63, 3.8) is 0 Å². The molecule has 5 heteroatoms. The Kier molecular flexibility index (Phi) is 2.93. The molecule has 0 aliphatic rings. The fraction of sp³-hybridized carbons (Fsp3) is 0.417. The van der Waals surface area contributed by atoms with E-state index < -0.39 is 0 Å². The van der Waals surface area contributed by atoms with E-state index in [0.717, 1.165) is 11.1 Å². The lowest BCUT2D eigenvalue weighted by atomic mass is 10.1. The Morgan fingerprint density at radius 3 is 2.94 bits per heavy atom. The standard InChI is InChI=1S/C12H17N3O2/c1-12(2,16-3)7-14-11-15-9-6-8(13)4-5-10(9)17-11/h4-6H,7,13H2,1-3H3,(H,14,15). The van der Waals surface area contributed by atoms with Gasteiger partial charge in [0.05, 0.1) is 5.60 Å². The fourth-order valence-corrected chi connectivity index (χ4v) is 1.38. The molecule has 1 aromatic carbocycles. The van der Waals surface area contributed by atoms with E-state index in [9.17, 15) is 0 Å². The monoisotopic (exact) mass is 235 g/mol. The van der Waals surface area contributed by atoms with Crippen LogP contribution in [0.25, 0.3) is 11.1 Å². The smallest absolute Gasteiger partial charge is 0.295 e. The summed E-state index contributed by atoms with van der Waals surface area (Å²) >= 11 is 0. The lowest BCUT2D eigenvalue weighted by molar-refractivity contribution is 0.0340. The van der Waals surface area contributed by atoms with Crippen LogP contribution in [0.4, 0.5) is 11.7 Å². The predicted octanol–water partition coefficient (Wildman–Crippen LogP) is 2.25. The zero-order chi connectivity index (χ0) is 12.5. The number of nitrogens with one attached hydrogen (secondary N) is 1. The molecule has 17 heavy (non-hydrogen) atoms. The average molecular weight is 235 g/mol. The molecule has 3 N–H and O–H groups in total. The summed E-state index contributed by atoms with van der Waals surface area (Å²) in [5, 5.41) is 3.10. The summed E-state index contributed by atoms with van der Waals surface area (Å²) in [6.07, 6.45) is 0. The molecule has 0 radical (unpaired) electrons. The summed E-state index contributed by atoms with van der Waals surface area (Å²) < 4.78 is 10.8. The van der Waals surface area contributed by atoms with E-state index in [-0.39, 0.29) is 5.60 Å². The molecule has 2 rings (SSSR count). The minimum atomic E-state index is -0.264. The minimum absolute atomic E-state index is 0.264. The van der Waals surface area contributed by atoms with Gasteiger partial charge in [-0.3, -0.25) is 0 Å². The maximum atomic E-state index is 5.68. The number of hydrogen-bond acceptors (Lipinski definition) is 5. The molecule has 0 amide bonds. The van der Waals surface area contributed by atoms with Crippen LogP contribution in [0, 0.1) is 0 Å². The van der Waals surface area contributed by atoms with Gasteiger partial charge in [-0.25, -0.2) is 0 Å². The Hall–Kier alpha value is -1.75. The van der Waals surface area contributed by atoms with Crippen LogP contribution < -0.4 is 11.1 Å². The lowest BCUT2D eigenvalue weighted by Gasteiger charge is -2.22. The van der Waals surface area contributed by atoms with Gasteiger partial charge in [-0.05, 0) is 32.0 Å². The highest BCUT2D eigenvalue weighted by Gasteiger charge is 2.17. The SMILES string of the molecule is COC(C)(C)CNc1nc2cc(N)ccc2o1. The van der Waals surface area contributed by atoms with Crippen molar-refractivity contribution >= 4 is 22.8 Å². The Bertz CT molecular complexity index is 519. The van der Waals surface area contributed by atoms with Gasteiger partial charge in [-0.1, -0.05) is 0 Å². The first-order valence-corrected chi connectivity index (χ1v) is 5.45. The topological polar surface area (TPSA) is 73.3 Å². The van der Waals surface area contributed by atoms with Crippen LogP contribution >= 0.6 is 0 Å².